The van der Waals surface area contributed by atoms with Crippen LogP contribution in [-0.4, -0.2) is 70.9 Å². The zero-order chi connectivity index (χ0) is 19.2. The average Bonchev–Trinajstić information content (AvgIpc) is 3.42. The summed E-state index contributed by atoms with van der Waals surface area (Å²) in [6.45, 7) is -0.388. The summed E-state index contributed by atoms with van der Waals surface area (Å²) in [7, 11) is 1.36. The van der Waals surface area contributed by atoms with Gasteiger partial charge in [0.2, 0.25) is 5.91 Å². The number of nitrogens with zero attached hydrogens (tertiary/aromatic N) is 3. The number of fused-ring (bicyclic) bond motifs is 2. The minimum Gasteiger partial charge on any atom is -0.469 e. The van der Waals surface area contributed by atoms with Crippen LogP contribution in [0, 0.1) is 5.41 Å². The minimum atomic E-state index is -0.835. The van der Waals surface area contributed by atoms with Gasteiger partial charge in [-0.05, 0) is 19.3 Å². The zero-order valence-corrected chi connectivity index (χ0v) is 15.7. The van der Waals surface area contributed by atoms with Crippen molar-refractivity contribution in [2.24, 2.45) is 5.41 Å². The second kappa shape index (κ2) is 6.59. The van der Waals surface area contributed by atoms with Gasteiger partial charge in [-0.15, -0.1) is 11.3 Å². The molecule has 1 aromatic rings. The van der Waals surface area contributed by atoms with Gasteiger partial charge >= 0.3 is 12.0 Å². The van der Waals surface area contributed by atoms with Crippen LogP contribution in [0.15, 0.2) is 10.9 Å². The lowest BCUT2D eigenvalue weighted by Crippen LogP contribution is -2.49. The molecule has 0 spiro atoms. The number of rotatable bonds is 5. The molecule has 0 radical (unpaired) electrons. The molecule has 3 aliphatic heterocycles. The van der Waals surface area contributed by atoms with Crippen molar-refractivity contribution in [3.05, 3.63) is 16.6 Å². The third-order valence-corrected chi connectivity index (χ3v) is 6.47. The second-order valence-electron chi connectivity index (χ2n) is 7.19. The summed E-state index contributed by atoms with van der Waals surface area (Å²) >= 11 is 1.46. The van der Waals surface area contributed by atoms with E-state index in [0.29, 0.717) is 19.3 Å². The minimum absolute atomic E-state index is 0.0884. The first-order chi connectivity index (χ1) is 13.0. The van der Waals surface area contributed by atoms with Crippen molar-refractivity contribution in [3.8, 4) is 0 Å². The molecule has 3 aliphatic rings. The summed E-state index contributed by atoms with van der Waals surface area (Å²) in [5, 5.41) is 4.31. The predicted octanol–water partition coefficient (Wildman–Crippen LogP) is 0.160. The molecule has 4 amide bonds. The summed E-state index contributed by atoms with van der Waals surface area (Å²) in [5.74, 6) is -1.06. The molecule has 0 unspecified atom stereocenters. The summed E-state index contributed by atoms with van der Waals surface area (Å²) in [4.78, 5) is 56.2. The molecule has 4 rings (SSSR count). The molecule has 0 saturated carbocycles. The molecule has 0 aromatic carbocycles. The van der Waals surface area contributed by atoms with Crippen LogP contribution in [0.25, 0.3) is 0 Å². The fraction of sp³-hybridized carbons (Fsp3) is 0.588. The Balaban J connectivity index is 1.58. The number of methoxy groups -OCH3 is 1. The average molecular weight is 392 g/mol. The van der Waals surface area contributed by atoms with Crippen molar-refractivity contribution >= 4 is 35.2 Å². The number of esters is 1. The third kappa shape index (κ3) is 2.78. The molecule has 4 heterocycles. The van der Waals surface area contributed by atoms with Crippen LogP contribution >= 0.6 is 11.3 Å². The number of imide groups is 1. The van der Waals surface area contributed by atoms with Crippen molar-refractivity contribution in [1.29, 1.82) is 0 Å². The zero-order valence-electron chi connectivity index (χ0n) is 14.8. The first-order valence-corrected chi connectivity index (χ1v) is 9.75. The molecule has 0 aliphatic carbocycles. The standard InChI is InChI=1S/C17H20N4O5S/c1-26-15(24)17(4-10-8-27-9-19-10)5-11-2-3-12(17)21(11)14(23)7-20-13(22)6-18-16(20)25/h8-9,11-12H,2-7H2,1H3,(H,18,25)/t11-,12+,17+/m1/s1. The molecular weight excluding hydrogens is 372 g/mol. The molecule has 27 heavy (non-hydrogen) atoms. The summed E-state index contributed by atoms with van der Waals surface area (Å²) in [6, 6.07) is -0.965. The summed E-state index contributed by atoms with van der Waals surface area (Å²) < 4.78 is 5.10. The van der Waals surface area contributed by atoms with E-state index in [0.717, 1.165) is 17.0 Å². The van der Waals surface area contributed by atoms with Gasteiger partial charge in [0.25, 0.3) is 5.91 Å². The molecule has 1 aromatic heterocycles. The maximum atomic E-state index is 12.9. The Kier molecular flexibility index (Phi) is 4.37. The van der Waals surface area contributed by atoms with Crippen molar-refractivity contribution in [2.75, 3.05) is 20.2 Å². The second-order valence-corrected chi connectivity index (χ2v) is 7.91. The van der Waals surface area contributed by atoms with Crippen LogP contribution < -0.4 is 5.32 Å². The number of carbonyl (C=O) groups excluding carboxylic acids is 4. The number of amides is 4. The molecule has 3 atom stereocenters. The number of aromatic nitrogens is 1. The normalized spacial score (nSPS) is 29.4. The van der Waals surface area contributed by atoms with E-state index < -0.39 is 17.4 Å². The van der Waals surface area contributed by atoms with Crippen molar-refractivity contribution in [3.63, 3.8) is 0 Å². The van der Waals surface area contributed by atoms with Crippen molar-refractivity contribution in [2.45, 2.75) is 37.8 Å². The number of nitrogens with one attached hydrogen (secondary N) is 1. The molecule has 1 N–H and O–H groups in total. The Morgan fingerprint density at radius 2 is 2.22 bits per heavy atom. The van der Waals surface area contributed by atoms with Gasteiger partial charge in [0.1, 0.15) is 6.54 Å². The Bertz CT molecular complexity index is 781. The monoisotopic (exact) mass is 392 g/mol. The van der Waals surface area contributed by atoms with Gasteiger partial charge in [-0.25, -0.2) is 9.78 Å². The highest BCUT2D eigenvalue weighted by Crippen LogP contribution is 2.52. The van der Waals surface area contributed by atoms with E-state index in [9.17, 15) is 19.2 Å². The maximum Gasteiger partial charge on any atom is 0.325 e. The number of hydrogen-bond donors (Lipinski definition) is 1. The van der Waals surface area contributed by atoms with E-state index >= 15 is 0 Å². The highest BCUT2D eigenvalue weighted by atomic mass is 32.1. The molecule has 9 nitrogen and oxygen atoms in total. The van der Waals surface area contributed by atoms with E-state index in [4.69, 9.17) is 4.74 Å². The predicted molar refractivity (Wildman–Crippen MR) is 93.7 cm³/mol. The maximum absolute atomic E-state index is 12.9. The van der Waals surface area contributed by atoms with Crippen LogP contribution in [0.2, 0.25) is 0 Å². The van der Waals surface area contributed by atoms with E-state index in [-0.39, 0.29) is 37.0 Å². The summed E-state index contributed by atoms with van der Waals surface area (Å²) in [6.07, 6.45) is 2.41. The fourth-order valence-electron chi connectivity index (χ4n) is 4.72. The smallest absolute Gasteiger partial charge is 0.325 e. The lowest BCUT2D eigenvalue weighted by atomic mass is 9.71. The van der Waals surface area contributed by atoms with Crippen LogP contribution in [0.3, 0.4) is 0 Å². The van der Waals surface area contributed by atoms with E-state index in [2.05, 4.69) is 10.3 Å². The molecule has 10 heteroatoms. The van der Waals surface area contributed by atoms with Gasteiger partial charge in [0, 0.05) is 23.9 Å². The number of hydrogen-bond acceptors (Lipinski definition) is 7. The van der Waals surface area contributed by atoms with Gasteiger partial charge in [-0.3, -0.25) is 19.3 Å². The Hall–Kier alpha value is -2.49. The van der Waals surface area contributed by atoms with Crippen LogP contribution in [0.1, 0.15) is 25.0 Å². The number of ether oxygens (including phenoxy) is 1. The summed E-state index contributed by atoms with van der Waals surface area (Å²) in [5.41, 5.74) is 1.69. The Morgan fingerprint density at radius 1 is 1.41 bits per heavy atom. The quantitative estimate of drug-likeness (QED) is 0.565. The third-order valence-electron chi connectivity index (χ3n) is 5.83. The highest BCUT2D eigenvalue weighted by molar-refractivity contribution is 7.07. The molecule has 144 valence electrons. The van der Waals surface area contributed by atoms with E-state index in [1.165, 1.54) is 18.4 Å². The fourth-order valence-corrected chi connectivity index (χ4v) is 5.28. The topological polar surface area (TPSA) is 109 Å². The first-order valence-electron chi connectivity index (χ1n) is 8.81. The van der Waals surface area contributed by atoms with Crippen molar-refractivity contribution in [1.82, 2.24) is 20.1 Å². The molecular formula is C17H20N4O5S. The molecule has 2 bridgehead atoms. The van der Waals surface area contributed by atoms with Gasteiger partial charge in [-0.2, -0.15) is 0 Å². The number of thiazole rings is 1. The largest absolute Gasteiger partial charge is 0.469 e. The van der Waals surface area contributed by atoms with Gasteiger partial charge in [0.05, 0.1) is 30.3 Å². The van der Waals surface area contributed by atoms with Crippen LogP contribution in [-0.2, 0) is 25.5 Å². The van der Waals surface area contributed by atoms with E-state index in [1.54, 1.807) is 10.4 Å². The van der Waals surface area contributed by atoms with Crippen LogP contribution in [0.5, 0.6) is 0 Å². The molecule has 3 saturated heterocycles. The van der Waals surface area contributed by atoms with Gasteiger partial charge in [-0.1, -0.05) is 0 Å². The lowest BCUT2D eigenvalue weighted by molar-refractivity contribution is -0.155. The highest BCUT2D eigenvalue weighted by Gasteiger charge is 2.62. The number of carbonyl (C=O) groups is 4. The van der Waals surface area contributed by atoms with Crippen LogP contribution in [0.4, 0.5) is 4.79 Å². The molecule has 3 fully saturated rings. The Labute approximate surface area is 159 Å². The van der Waals surface area contributed by atoms with Gasteiger partial charge < -0.3 is 15.0 Å². The van der Waals surface area contributed by atoms with Crippen molar-refractivity contribution < 1.29 is 23.9 Å². The van der Waals surface area contributed by atoms with E-state index in [1.807, 2.05) is 5.38 Å². The van der Waals surface area contributed by atoms with Gasteiger partial charge in [0.15, 0.2) is 0 Å². The first kappa shape index (κ1) is 17.9. The SMILES string of the molecule is COC(=O)[C@@]1(Cc2cscn2)C[C@H]2CC[C@@H]1N2C(=O)CN1C(=O)CNC1=O. The lowest BCUT2D eigenvalue weighted by Gasteiger charge is -2.34. The Morgan fingerprint density at radius 3 is 2.85 bits per heavy atom. The number of urea groups is 1.